The van der Waals surface area contributed by atoms with Crippen LogP contribution < -0.4 is 4.90 Å². The van der Waals surface area contributed by atoms with E-state index < -0.39 is 4.92 Å². The number of rotatable bonds is 4. The summed E-state index contributed by atoms with van der Waals surface area (Å²) in [6, 6.07) is 2.49. The summed E-state index contributed by atoms with van der Waals surface area (Å²) in [4.78, 5) is 15.5. The Hall–Kier alpha value is -1.40. The first-order chi connectivity index (χ1) is 7.04. The van der Waals surface area contributed by atoms with Gasteiger partial charge in [-0.1, -0.05) is 11.6 Å². The summed E-state index contributed by atoms with van der Waals surface area (Å²) >= 11 is 5.63. The van der Waals surface area contributed by atoms with Gasteiger partial charge >= 0.3 is 0 Å². The fourth-order valence-corrected chi connectivity index (χ4v) is 1.23. The lowest BCUT2D eigenvalue weighted by Crippen LogP contribution is -2.22. The van der Waals surface area contributed by atoms with Gasteiger partial charge in [-0.25, -0.2) is 4.98 Å². The molecule has 6 nitrogen and oxygen atoms in total. The van der Waals surface area contributed by atoms with Gasteiger partial charge in [0.2, 0.25) is 0 Å². The number of nitrogens with zero attached hydrogens (tertiary/aromatic N) is 3. The van der Waals surface area contributed by atoms with E-state index in [-0.39, 0.29) is 17.4 Å². The summed E-state index contributed by atoms with van der Waals surface area (Å²) in [7, 11) is 1.67. The number of hydrogen-bond donors (Lipinski definition) is 1. The second-order valence-corrected chi connectivity index (χ2v) is 3.30. The SMILES string of the molecule is CN(CCO)c1cc([N+](=O)[O-])cc(Cl)n1. The van der Waals surface area contributed by atoms with Crippen LogP contribution >= 0.6 is 11.6 Å². The molecule has 82 valence electrons. The molecule has 0 amide bonds. The summed E-state index contributed by atoms with van der Waals surface area (Å²) in [5.74, 6) is 0.364. The zero-order chi connectivity index (χ0) is 11.4. The van der Waals surface area contributed by atoms with Crippen LogP contribution in [-0.2, 0) is 0 Å². The maximum atomic E-state index is 10.5. The second kappa shape index (κ2) is 4.90. The molecule has 1 rings (SSSR count). The van der Waals surface area contributed by atoms with Gasteiger partial charge in [0.15, 0.2) is 0 Å². The molecule has 0 aromatic carbocycles. The Morgan fingerprint density at radius 1 is 1.67 bits per heavy atom. The summed E-state index contributed by atoms with van der Waals surface area (Å²) < 4.78 is 0. The van der Waals surface area contributed by atoms with Gasteiger partial charge in [-0.3, -0.25) is 10.1 Å². The summed E-state index contributed by atoms with van der Waals surface area (Å²) in [5.41, 5.74) is -0.116. The Morgan fingerprint density at radius 3 is 2.87 bits per heavy atom. The molecule has 15 heavy (non-hydrogen) atoms. The molecule has 0 atom stereocenters. The standard InChI is InChI=1S/C8H10ClN3O3/c1-11(2-3-13)8-5-6(12(14)15)4-7(9)10-8/h4-5,13H,2-3H2,1H3. The summed E-state index contributed by atoms with van der Waals surface area (Å²) in [5, 5.41) is 19.3. The first-order valence-electron chi connectivity index (χ1n) is 4.18. The molecule has 0 aliphatic carbocycles. The number of hydrogen-bond acceptors (Lipinski definition) is 5. The molecule has 0 fully saturated rings. The lowest BCUT2D eigenvalue weighted by Gasteiger charge is -2.16. The third-order valence-corrected chi connectivity index (χ3v) is 2.00. The smallest absolute Gasteiger partial charge is 0.276 e. The van der Waals surface area contributed by atoms with E-state index in [4.69, 9.17) is 16.7 Å². The van der Waals surface area contributed by atoms with Crippen LogP contribution in [0.5, 0.6) is 0 Å². The highest BCUT2D eigenvalue weighted by Gasteiger charge is 2.12. The number of anilines is 1. The van der Waals surface area contributed by atoms with Crippen LogP contribution in [0.15, 0.2) is 12.1 Å². The molecule has 7 heteroatoms. The number of aromatic nitrogens is 1. The Labute approximate surface area is 91.3 Å². The molecule has 0 aliphatic heterocycles. The van der Waals surface area contributed by atoms with E-state index in [9.17, 15) is 10.1 Å². The maximum absolute atomic E-state index is 10.5. The van der Waals surface area contributed by atoms with E-state index in [0.29, 0.717) is 12.4 Å². The molecule has 1 heterocycles. The molecular weight excluding hydrogens is 222 g/mol. The van der Waals surface area contributed by atoms with Crippen LogP contribution in [0.4, 0.5) is 11.5 Å². The average Bonchev–Trinajstić information content (AvgIpc) is 2.17. The van der Waals surface area contributed by atoms with Crippen molar-refractivity contribution in [2.24, 2.45) is 0 Å². The number of halogens is 1. The Kier molecular flexibility index (Phi) is 3.81. The average molecular weight is 232 g/mol. The van der Waals surface area contributed by atoms with Gasteiger partial charge in [0.25, 0.3) is 5.69 Å². The maximum Gasteiger partial charge on any atom is 0.276 e. The molecule has 0 spiro atoms. The van der Waals surface area contributed by atoms with Gasteiger partial charge < -0.3 is 10.0 Å². The fraction of sp³-hybridized carbons (Fsp3) is 0.375. The molecule has 1 aromatic heterocycles. The van der Waals surface area contributed by atoms with Crippen LogP contribution in [0.3, 0.4) is 0 Å². The number of likely N-dealkylation sites (N-methyl/N-ethyl adjacent to an activating group) is 1. The lowest BCUT2D eigenvalue weighted by molar-refractivity contribution is -0.384. The summed E-state index contributed by atoms with van der Waals surface area (Å²) in [6.07, 6.45) is 0. The van der Waals surface area contributed by atoms with Crippen molar-refractivity contribution in [2.75, 3.05) is 25.1 Å². The van der Waals surface area contributed by atoms with Gasteiger partial charge in [-0.05, 0) is 0 Å². The molecule has 1 N–H and O–H groups in total. The van der Waals surface area contributed by atoms with Crippen molar-refractivity contribution in [3.63, 3.8) is 0 Å². The van der Waals surface area contributed by atoms with E-state index in [1.165, 1.54) is 12.1 Å². The third-order valence-electron chi connectivity index (χ3n) is 1.80. The third kappa shape index (κ3) is 3.03. The van der Waals surface area contributed by atoms with Gasteiger partial charge in [0.1, 0.15) is 11.0 Å². The van der Waals surface area contributed by atoms with E-state index in [2.05, 4.69) is 4.98 Å². The zero-order valence-corrected chi connectivity index (χ0v) is 8.81. The molecule has 0 saturated heterocycles. The molecule has 0 saturated carbocycles. The van der Waals surface area contributed by atoms with Crippen molar-refractivity contribution in [3.8, 4) is 0 Å². The predicted octanol–water partition coefficient (Wildman–Crippen LogP) is 1.07. The normalized spacial score (nSPS) is 10.1. The van der Waals surface area contributed by atoms with Crippen molar-refractivity contribution >= 4 is 23.1 Å². The van der Waals surface area contributed by atoms with Gasteiger partial charge in [0, 0.05) is 13.6 Å². The van der Waals surface area contributed by atoms with Crippen LogP contribution in [0, 0.1) is 10.1 Å². The molecule has 0 unspecified atom stereocenters. The topological polar surface area (TPSA) is 79.5 Å². The number of aliphatic hydroxyl groups excluding tert-OH is 1. The Bertz CT molecular complexity index is 372. The van der Waals surface area contributed by atoms with Crippen molar-refractivity contribution in [2.45, 2.75) is 0 Å². The highest BCUT2D eigenvalue weighted by atomic mass is 35.5. The Morgan fingerprint density at radius 2 is 2.33 bits per heavy atom. The summed E-state index contributed by atoms with van der Waals surface area (Å²) in [6.45, 7) is 0.281. The van der Waals surface area contributed by atoms with Gasteiger partial charge in [-0.2, -0.15) is 0 Å². The first kappa shape index (κ1) is 11.7. The quantitative estimate of drug-likeness (QED) is 0.476. The van der Waals surface area contributed by atoms with Gasteiger partial charge in [0.05, 0.1) is 23.7 Å². The van der Waals surface area contributed by atoms with E-state index in [0.717, 1.165) is 0 Å². The largest absolute Gasteiger partial charge is 0.395 e. The number of aliphatic hydroxyl groups is 1. The number of pyridine rings is 1. The van der Waals surface area contributed by atoms with Gasteiger partial charge in [-0.15, -0.1) is 0 Å². The highest BCUT2D eigenvalue weighted by molar-refractivity contribution is 6.29. The van der Waals surface area contributed by atoms with Crippen molar-refractivity contribution in [1.29, 1.82) is 0 Å². The van der Waals surface area contributed by atoms with E-state index in [1.54, 1.807) is 11.9 Å². The van der Waals surface area contributed by atoms with Crippen molar-refractivity contribution in [3.05, 3.63) is 27.4 Å². The van der Waals surface area contributed by atoms with Crippen LogP contribution in [0.1, 0.15) is 0 Å². The fourth-order valence-electron chi connectivity index (χ4n) is 1.04. The monoisotopic (exact) mass is 231 g/mol. The molecular formula is C8H10ClN3O3. The Balaban J connectivity index is 3.03. The molecule has 0 radical (unpaired) electrons. The van der Waals surface area contributed by atoms with E-state index >= 15 is 0 Å². The van der Waals surface area contributed by atoms with Crippen LogP contribution in [-0.4, -0.2) is 35.2 Å². The number of nitro groups is 1. The molecule has 1 aromatic rings. The van der Waals surface area contributed by atoms with E-state index in [1.807, 2.05) is 0 Å². The lowest BCUT2D eigenvalue weighted by atomic mass is 10.4. The minimum absolute atomic E-state index is 0.0571. The first-order valence-corrected chi connectivity index (χ1v) is 4.56. The highest BCUT2D eigenvalue weighted by Crippen LogP contribution is 2.22. The minimum atomic E-state index is -0.538. The van der Waals surface area contributed by atoms with Crippen LogP contribution in [0.25, 0.3) is 0 Å². The minimum Gasteiger partial charge on any atom is -0.395 e. The predicted molar refractivity (Wildman–Crippen MR) is 56.3 cm³/mol. The van der Waals surface area contributed by atoms with Crippen LogP contribution in [0.2, 0.25) is 5.15 Å². The zero-order valence-electron chi connectivity index (χ0n) is 8.05. The molecule has 0 bridgehead atoms. The van der Waals surface area contributed by atoms with Crippen molar-refractivity contribution in [1.82, 2.24) is 4.98 Å². The van der Waals surface area contributed by atoms with Crippen molar-refractivity contribution < 1.29 is 10.0 Å². The molecule has 0 aliphatic rings. The second-order valence-electron chi connectivity index (χ2n) is 2.91.